The number of benzene rings is 2. The van der Waals surface area contributed by atoms with E-state index in [0.717, 1.165) is 0 Å². The molecular weight excluding hydrogens is 375 g/mol. The summed E-state index contributed by atoms with van der Waals surface area (Å²) in [4.78, 5) is 37.5. The minimum absolute atomic E-state index is 0.0538. The fourth-order valence-corrected chi connectivity index (χ4v) is 3.53. The van der Waals surface area contributed by atoms with Crippen molar-refractivity contribution in [2.45, 2.75) is 31.7 Å². The van der Waals surface area contributed by atoms with Crippen LogP contribution in [-0.4, -0.2) is 46.9 Å². The molecule has 2 amide bonds. The van der Waals surface area contributed by atoms with Crippen molar-refractivity contribution in [2.75, 3.05) is 13.1 Å². The minimum atomic E-state index is -1.01. The molecule has 0 unspecified atom stereocenters. The van der Waals surface area contributed by atoms with Gasteiger partial charge in [0.1, 0.15) is 5.82 Å². The van der Waals surface area contributed by atoms with Crippen molar-refractivity contribution < 1.29 is 23.9 Å². The first kappa shape index (κ1) is 20.5. The number of amides is 2. The van der Waals surface area contributed by atoms with Gasteiger partial charge in [0.05, 0.1) is 11.1 Å². The number of carbonyl (C=O) groups is 3. The Hall–Kier alpha value is -3.22. The summed E-state index contributed by atoms with van der Waals surface area (Å²) in [6, 6.07) is 12.5. The summed E-state index contributed by atoms with van der Waals surface area (Å²) < 4.78 is 13.8. The molecule has 0 saturated carbocycles. The maximum Gasteiger partial charge on any atom is 0.335 e. The first-order valence-electron chi connectivity index (χ1n) is 9.60. The zero-order valence-electron chi connectivity index (χ0n) is 15.9. The molecule has 2 N–H and O–H groups in total. The normalized spacial score (nSPS) is 14.4. The van der Waals surface area contributed by atoms with Gasteiger partial charge in [-0.3, -0.25) is 9.59 Å². The number of aromatic carboxylic acids is 1. The van der Waals surface area contributed by atoms with Crippen LogP contribution in [0.4, 0.5) is 4.39 Å². The first-order chi connectivity index (χ1) is 14.0. The Morgan fingerprint density at radius 2 is 1.62 bits per heavy atom. The van der Waals surface area contributed by atoms with E-state index in [1.807, 2.05) is 0 Å². The summed E-state index contributed by atoms with van der Waals surface area (Å²) >= 11 is 0. The van der Waals surface area contributed by atoms with E-state index in [1.165, 1.54) is 18.2 Å². The molecule has 1 aliphatic heterocycles. The molecule has 3 rings (SSSR count). The molecule has 29 heavy (non-hydrogen) atoms. The summed E-state index contributed by atoms with van der Waals surface area (Å²) in [6.07, 6.45) is 1.73. The molecule has 6 nitrogen and oxygen atoms in total. The molecule has 0 aliphatic carbocycles. The summed E-state index contributed by atoms with van der Waals surface area (Å²) in [6.45, 7) is 0.889. The molecule has 1 aliphatic rings. The fraction of sp³-hybridized carbons (Fsp3) is 0.318. The average Bonchev–Trinajstić information content (AvgIpc) is 2.73. The van der Waals surface area contributed by atoms with Crippen LogP contribution in [0.15, 0.2) is 48.5 Å². The van der Waals surface area contributed by atoms with Crippen LogP contribution in [0.1, 0.15) is 45.5 Å². The van der Waals surface area contributed by atoms with Crippen molar-refractivity contribution in [3.05, 3.63) is 71.0 Å². The van der Waals surface area contributed by atoms with Crippen molar-refractivity contribution in [3.63, 3.8) is 0 Å². The van der Waals surface area contributed by atoms with Crippen LogP contribution in [-0.2, 0) is 11.2 Å². The van der Waals surface area contributed by atoms with Gasteiger partial charge in [-0.15, -0.1) is 0 Å². The third-order valence-electron chi connectivity index (χ3n) is 5.12. The Balaban J connectivity index is 1.47. The quantitative estimate of drug-likeness (QED) is 0.783. The van der Waals surface area contributed by atoms with Crippen molar-refractivity contribution in [3.8, 4) is 0 Å². The number of likely N-dealkylation sites (tertiary alicyclic amines) is 1. The fourth-order valence-electron chi connectivity index (χ4n) is 3.53. The molecular formula is C22H23FN2O4. The Kier molecular flexibility index (Phi) is 6.59. The van der Waals surface area contributed by atoms with Crippen molar-refractivity contribution in [2.24, 2.45) is 0 Å². The molecule has 7 heteroatoms. The molecule has 1 saturated heterocycles. The minimum Gasteiger partial charge on any atom is -0.478 e. The third-order valence-corrected chi connectivity index (χ3v) is 5.12. The lowest BCUT2D eigenvalue weighted by molar-refractivity contribution is -0.122. The lowest BCUT2D eigenvalue weighted by Crippen LogP contribution is -2.46. The van der Waals surface area contributed by atoms with Crippen molar-refractivity contribution >= 4 is 17.8 Å². The zero-order valence-corrected chi connectivity index (χ0v) is 15.9. The number of rotatable bonds is 6. The SMILES string of the molecule is O=C(CCc1ccccc1C(=O)O)NC1CCN(C(=O)c2ccccc2F)CC1. The molecule has 1 heterocycles. The smallest absolute Gasteiger partial charge is 0.335 e. The largest absolute Gasteiger partial charge is 0.478 e. The second-order valence-corrected chi connectivity index (χ2v) is 7.08. The van der Waals surface area contributed by atoms with Gasteiger partial charge in [0.25, 0.3) is 5.91 Å². The molecule has 0 atom stereocenters. The van der Waals surface area contributed by atoms with Gasteiger partial charge in [0, 0.05) is 25.6 Å². The van der Waals surface area contributed by atoms with Gasteiger partial charge in [0.2, 0.25) is 5.91 Å². The second-order valence-electron chi connectivity index (χ2n) is 7.08. The van der Waals surface area contributed by atoms with E-state index in [4.69, 9.17) is 0 Å². The van der Waals surface area contributed by atoms with Gasteiger partial charge < -0.3 is 15.3 Å². The van der Waals surface area contributed by atoms with E-state index in [1.54, 1.807) is 35.2 Å². The molecule has 0 spiro atoms. The van der Waals surface area contributed by atoms with E-state index < -0.39 is 11.8 Å². The van der Waals surface area contributed by atoms with Gasteiger partial charge in [-0.2, -0.15) is 0 Å². The van der Waals surface area contributed by atoms with Crippen LogP contribution in [0.2, 0.25) is 0 Å². The van der Waals surface area contributed by atoms with E-state index >= 15 is 0 Å². The van der Waals surface area contributed by atoms with Gasteiger partial charge in [0.15, 0.2) is 0 Å². The van der Waals surface area contributed by atoms with Gasteiger partial charge in [-0.1, -0.05) is 30.3 Å². The van der Waals surface area contributed by atoms with E-state index in [9.17, 15) is 23.9 Å². The van der Waals surface area contributed by atoms with E-state index in [-0.39, 0.29) is 35.4 Å². The highest BCUT2D eigenvalue weighted by Crippen LogP contribution is 2.17. The van der Waals surface area contributed by atoms with Crippen LogP contribution in [0, 0.1) is 5.82 Å². The number of carboxylic acid groups (broad SMARTS) is 1. The predicted molar refractivity (Wildman–Crippen MR) is 105 cm³/mol. The number of aryl methyl sites for hydroxylation is 1. The van der Waals surface area contributed by atoms with Crippen LogP contribution >= 0.6 is 0 Å². The topological polar surface area (TPSA) is 86.7 Å². The highest BCUT2D eigenvalue weighted by molar-refractivity contribution is 5.94. The average molecular weight is 398 g/mol. The monoisotopic (exact) mass is 398 g/mol. The maximum absolute atomic E-state index is 13.8. The first-order valence-corrected chi connectivity index (χ1v) is 9.60. The number of piperidine rings is 1. The van der Waals surface area contributed by atoms with Crippen molar-refractivity contribution in [1.82, 2.24) is 10.2 Å². The summed E-state index contributed by atoms with van der Waals surface area (Å²) in [5, 5.41) is 12.2. The Morgan fingerprint density at radius 3 is 2.28 bits per heavy atom. The molecule has 0 bridgehead atoms. The zero-order chi connectivity index (χ0) is 20.8. The van der Waals surface area contributed by atoms with Gasteiger partial charge >= 0.3 is 5.97 Å². The van der Waals surface area contributed by atoms with Crippen LogP contribution in [0.25, 0.3) is 0 Å². The Morgan fingerprint density at radius 1 is 1.00 bits per heavy atom. The number of halogens is 1. The molecule has 0 radical (unpaired) electrons. The number of hydrogen-bond acceptors (Lipinski definition) is 3. The van der Waals surface area contributed by atoms with Crippen LogP contribution < -0.4 is 5.32 Å². The Labute approximate surface area is 168 Å². The van der Waals surface area contributed by atoms with Crippen LogP contribution in [0.3, 0.4) is 0 Å². The van der Waals surface area contributed by atoms with Crippen LogP contribution in [0.5, 0.6) is 0 Å². The molecule has 1 fully saturated rings. The maximum atomic E-state index is 13.8. The highest BCUT2D eigenvalue weighted by atomic mass is 19.1. The number of nitrogens with one attached hydrogen (secondary N) is 1. The lowest BCUT2D eigenvalue weighted by atomic mass is 10.0. The summed E-state index contributed by atoms with van der Waals surface area (Å²) in [5.74, 6) is -2.02. The second kappa shape index (κ2) is 9.32. The molecule has 0 aromatic heterocycles. The highest BCUT2D eigenvalue weighted by Gasteiger charge is 2.26. The third kappa shape index (κ3) is 5.19. The van der Waals surface area contributed by atoms with Gasteiger partial charge in [-0.25, -0.2) is 9.18 Å². The number of carboxylic acids is 1. The summed E-state index contributed by atoms with van der Waals surface area (Å²) in [5.41, 5.74) is 0.896. The predicted octanol–water partition coefficient (Wildman–Crippen LogP) is 2.88. The molecule has 2 aromatic rings. The van der Waals surface area contributed by atoms with E-state index in [2.05, 4.69) is 5.32 Å². The number of hydrogen-bond donors (Lipinski definition) is 2. The lowest BCUT2D eigenvalue weighted by Gasteiger charge is -2.32. The summed E-state index contributed by atoms with van der Waals surface area (Å²) in [7, 11) is 0. The van der Waals surface area contributed by atoms with Gasteiger partial charge in [-0.05, 0) is 43.0 Å². The van der Waals surface area contributed by atoms with E-state index in [0.29, 0.717) is 37.9 Å². The number of carbonyl (C=O) groups excluding carboxylic acids is 2. The molecule has 152 valence electrons. The Bertz CT molecular complexity index is 907. The number of nitrogens with zero attached hydrogens (tertiary/aromatic N) is 1. The standard InChI is InChI=1S/C22H23FN2O4/c23-19-8-4-3-7-18(19)21(27)25-13-11-16(12-14-25)24-20(26)10-9-15-5-1-2-6-17(15)22(28)29/h1-8,16H,9-14H2,(H,24,26)(H,28,29). The molecule has 2 aromatic carbocycles. The van der Waals surface area contributed by atoms with Crippen molar-refractivity contribution in [1.29, 1.82) is 0 Å².